The van der Waals surface area contributed by atoms with Crippen molar-refractivity contribution in [2.24, 2.45) is 17.3 Å². The first-order valence-corrected chi connectivity index (χ1v) is 9.14. The van der Waals surface area contributed by atoms with E-state index < -0.39 is 81.9 Å². The van der Waals surface area contributed by atoms with Gasteiger partial charge in [-0.3, -0.25) is 4.79 Å². The van der Waals surface area contributed by atoms with Crippen LogP contribution in [0, 0.1) is 40.5 Å². The number of carbonyl (C=O) groups is 1. The second-order valence-electron chi connectivity index (χ2n) is 7.35. The number of esters is 1. The van der Waals surface area contributed by atoms with Crippen LogP contribution < -0.4 is 0 Å². The van der Waals surface area contributed by atoms with Crippen LogP contribution in [0.25, 0.3) is 0 Å². The van der Waals surface area contributed by atoms with E-state index >= 15 is 0 Å². The van der Waals surface area contributed by atoms with Crippen LogP contribution in [-0.4, -0.2) is 12.1 Å². The van der Waals surface area contributed by atoms with Gasteiger partial charge in [-0.2, -0.15) is 13.2 Å². The number of alkyl halides is 3. The summed E-state index contributed by atoms with van der Waals surface area (Å²) in [5, 5.41) is -1.69. The van der Waals surface area contributed by atoms with E-state index in [0.717, 1.165) is 0 Å². The van der Waals surface area contributed by atoms with Gasteiger partial charge >= 0.3 is 12.1 Å². The minimum absolute atomic E-state index is 0.265. The summed E-state index contributed by atoms with van der Waals surface area (Å²) in [5.74, 6) is -10.1. The molecular formula is C19H15Cl2F7O2. The van der Waals surface area contributed by atoms with Gasteiger partial charge in [0.25, 0.3) is 0 Å². The average Bonchev–Trinajstić information content (AvgIpc) is 3.16. The van der Waals surface area contributed by atoms with Crippen LogP contribution in [0.4, 0.5) is 30.7 Å². The third kappa shape index (κ3) is 4.77. The van der Waals surface area contributed by atoms with Crippen LogP contribution in [0.1, 0.15) is 25.0 Å². The van der Waals surface area contributed by atoms with Crippen LogP contribution in [0.5, 0.6) is 0 Å². The number of carbonyl (C=O) groups excluding carboxylic acids is 1. The second kappa shape index (κ2) is 8.42. The molecule has 0 aromatic heterocycles. The Morgan fingerprint density at radius 3 is 1.97 bits per heavy atom. The van der Waals surface area contributed by atoms with Crippen molar-refractivity contribution in [2.45, 2.75) is 33.1 Å². The number of allylic oxidation sites excluding steroid dienone is 3. The fourth-order valence-electron chi connectivity index (χ4n) is 3.12. The Morgan fingerprint density at radius 2 is 1.53 bits per heavy atom. The first-order chi connectivity index (χ1) is 13.6. The molecule has 0 radical (unpaired) electrons. The van der Waals surface area contributed by atoms with Crippen LogP contribution in [-0.2, 0) is 22.6 Å². The summed E-state index contributed by atoms with van der Waals surface area (Å²) in [6.07, 6.45) is -4.81. The maximum absolute atomic E-state index is 14.2. The van der Waals surface area contributed by atoms with Crippen molar-refractivity contribution in [1.29, 1.82) is 0 Å². The Bertz CT molecular complexity index is 893. The Morgan fingerprint density at radius 1 is 1.07 bits per heavy atom. The number of hydrogen-bond acceptors (Lipinski definition) is 2. The molecule has 0 spiro atoms. The third-order valence-electron chi connectivity index (χ3n) is 4.93. The Hall–Kier alpha value is -1.74. The van der Waals surface area contributed by atoms with Crippen LogP contribution >= 0.6 is 23.2 Å². The molecule has 0 N–H and O–H groups in total. The zero-order chi connectivity index (χ0) is 23.2. The topological polar surface area (TPSA) is 26.3 Å². The monoisotopic (exact) mass is 478 g/mol. The fraction of sp³-hybridized carbons (Fsp3) is 0.421. The van der Waals surface area contributed by atoms with Crippen molar-refractivity contribution in [3.05, 3.63) is 57.1 Å². The van der Waals surface area contributed by atoms with E-state index in [1.807, 2.05) is 0 Å². The molecule has 2 rings (SSSR count). The zero-order valence-electron chi connectivity index (χ0n) is 15.6. The lowest BCUT2D eigenvalue weighted by atomic mass is 10.1. The van der Waals surface area contributed by atoms with Crippen LogP contribution in [0.15, 0.2) is 22.7 Å². The number of rotatable bonds is 6. The lowest BCUT2D eigenvalue weighted by Crippen LogP contribution is -2.15. The molecule has 0 amide bonds. The largest absolute Gasteiger partial charge is 0.460 e. The highest BCUT2D eigenvalue weighted by Gasteiger charge is 2.62. The quantitative estimate of drug-likeness (QED) is 0.263. The van der Waals surface area contributed by atoms with Gasteiger partial charge in [0.2, 0.25) is 0 Å². The van der Waals surface area contributed by atoms with E-state index in [4.69, 9.17) is 27.9 Å². The van der Waals surface area contributed by atoms with Gasteiger partial charge in [-0.05, 0) is 11.3 Å². The van der Waals surface area contributed by atoms with Gasteiger partial charge in [0.15, 0.2) is 23.3 Å². The van der Waals surface area contributed by atoms with E-state index in [1.165, 1.54) is 13.8 Å². The molecule has 1 aliphatic rings. The molecular weight excluding hydrogens is 464 g/mol. The maximum Gasteiger partial charge on any atom is 0.426 e. The van der Waals surface area contributed by atoms with Crippen LogP contribution in [0.3, 0.4) is 0 Å². The van der Waals surface area contributed by atoms with Gasteiger partial charge in [-0.25, -0.2) is 17.6 Å². The van der Waals surface area contributed by atoms with Gasteiger partial charge < -0.3 is 4.74 Å². The summed E-state index contributed by atoms with van der Waals surface area (Å²) in [6, 6.07) is 0. The smallest absolute Gasteiger partial charge is 0.426 e. The molecule has 30 heavy (non-hydrogen) atoms. The lowest BCUT2D eigenvalue weighted by Gasteiger charge is -2.12. The highest BCUT2D eigenvalue weighted by molar-refractivity contribution is 6.30. The molecule has 2 nitrogen and oxygen atoms in total. The molecule has 0 aliphatic heterocycles. The van der Waals surface area contributed by atoms with Gasteiger partial charge in [0, 0.05) is 17.0 Å². The average molecular weight is 479 g/mol. The van der Waals surface area contributed by atoms with Crippen molar-refractivity contribution < 1.29 is 40.3 Å². The van der Waals surface area contributed by atoms with Gasteiger partial charge in [0.1, 0.15) is 11.6 Å². The van der Waals surface area contributed by atoms with Crippen molar-refractivity contribution in [1.82, 2.24) is 0 Å². The van der Waals surface area contributed by atoms with E-state index in [1.54, 1.807) is 0 Å². The molecule has 0 bridgehead atoms. The lowest BCUT2D eigenvalue weighted by molar-refractivity contribution is -0.147. The molecule has 166 valence electrons. The number of halogens is 9. The predicted octanol–water partition coefficient (Wildman–Crippen LogP) is 6.54. The highest BCUT2D eigenvalue weighted by atomic mass is 35.5. The maximum atomic E-state index is 14.2. The van der Waals surface area contributed by atoms with Gasteiger partial charge in [-0.1, -0.05) is 49.7 Å². The van der Waals surface area contributed by atoms with E-state index in [0.29, 0.717) is 6.08 Å². The minimum Gasteiger partial charge on any atom is -0.460 e. The normalized spacial score (nSPS) is 20.8. The van der Waals surface area contributed by atoms with Gasteiger partial charge in [-0.15, -0.1) is 0 Å². The zero-order valence-corrected chi connectivity index (χ0v) is 17.1. The number of ether oxygens (including phenoxy) is 1. The molecule has 11 heteroatoms. The summed E-state index contributed by atoms with van der Waals surface area (Å²) in [7, 11) is 0. The SMILES string of the molecule is C=C(Cl)Cc1c(F)c(F)c(COC(=O)[C@H]2[C@@H](/C=C(\Cl)C(F)(F)F)C2(C)C)c(F)c1F. The molecule has 0 saturated heterocycles. The second-order valence-corrected chi connectivity index (χ2v) is 8.29. The highest BCUT2D eigenvalue weighted by Crippen LogP contribution is 2.60. The standard InChI is InChI=1S/C19H15Cl2F7O2/c1-7(20)4-8-13(22)15(24)9(16(25)14(8)23)6-30-17(29)12-10(18(12,2)3)5-11(21)19(26,27)28/h5,10,12H,1,4,6H2,2-3H3/b11-5-/t10-,12-/m1/s1. The third-order valence-corrected chi connectivity index (χ3v) is 5.41. The van der Waals surface area contributed by atoms with Crippen molar-refractivity contribution in [3.8, 4) is 0 Å². The molecule has 1 aromatic carbocycles. The van der Waals surface area contributed by atoms with E-state index in [9.17, 15) is 35.5 Å². The molecule has 2 atom stereocenters. The summed E-state index contributed by atoms with van der Waals surface area (Å²) in [4.78, 5) is 12.2. The van der Waals surface area contributed by atoms with Gasteiger partial charge in [0.05, 0.1) is 11.5 Å². The summed E-state index contributed by atoms with van der Waals surface area (Å²) in [6.45, 7) is 4.96. The molecule has 1 saturated carbocycles. The molecule has 0 heterocycles. The summed E-state index contributed by atoms with van der Waals surface area (Å²) >= 11 is 10.6. The summed E-state index contributed by atoms with van der Waals surface area (Å²) in [5.41, 5.74) is -3.13. The van der Waals surface area contributed by atoms with Crippen molar-refractivity contribution >= 4 is 29.2 Å². The Kier molecular flexibility index (Phi) is 6.88. The Balaban J connectivity index is 2.20. The van der Waals surface area contributed by atoms with Crippen LogP contribution in [0.2, 0.25) is 0 Å². The van der Waals surface area contributed by atoms with Crippen molar-refractivity contribution in [3.63, 3.8) is 0 Å². The Labute approximate surface area is 177 Å². The molecule has 1 aromatic rings. The minimum atomic E-state index is -4.80. The van der Waals surface area contributed by atoms with Crippen molar-refractivity contribution in [2.75, 3.05) is 0 Å². The predicted molar refractivity (Wildman–Crippen MR) is 95.5 cm³/mol. The van der Waals surface area contributed by atoms with E-state index in [-0.39, 0.29) is 5.03 Å². The first-order valence-electron chi connectivity index (χ1n) is 8.38. The first kappa shape index (κ1) is 24.5. The molecule has 1 aliphatic carbocycles. The van der Waals surface area contributed by atoms with E-state index in [2.05, 4.69) is 6.58 Å². The number of benzene rings is 1. The molecule has 0 unspecified atom stereocenters. The number of hydrogen-bond donors (Lipinski definition) is 0. The molecule has 1 fully saturated rings. The fourth-order valence-corrected chi connectivity index (χ4v) is 3.39. The summed E-state index contributed by atoms with van der Waals surface area (Å²) < 4.78 is 98.9.